The molecule has 3 heteroatoms. The van der Waals surface area contributed by atoms with Crippen LogP contribution in [0, 0.1) is 5.82 Å². The molecule has 0 aromatic heterocycles. The Hall–Kier alpha value is -1.51. The molecule has 0 saturated heterocycles. The lowest BCUT2D eigenvalue weighted by Crippen LogP contribution is -1.93. The van der Waals surface area contributed by atoms with Crippen LogP contribution in [0.25, 0.3) is 5.76 Å². The fourth-order valence-electron chi connectivity index (χ4n) is 1.01. The molecule has 1 aromatic carbocycles. The average molecular weight is 182 g/mol. The van der Waals surface area contributed by atoms with Gasteiger partial charge >= 0.3 is 0 Å². The zero-order chi connectivity index (χ0) is 9.84. The van der Waals surface area contributed by atoms with Crippen LogP contribution < -0.4 is 4.74 Å². The molecule has 0 atom stereocenters. The summed E-state index contributed by atoms with van der Waals surface area (Å²) in [4.78, 5) is 0. The number of ether oxygens (including phenoxy) is 2. The van der Waals surface area contributed by atoms with Crippen molar-refractivity contribution < 1.29 is 13.9 Å². The van der Waals surface area contributed by atoms with E-state index >= 15 is 0 Å². The Bertz CT molecular complexity index is 321. The summed E-state index contributed by atoms with van der Waals surface area (Å²) in [6.07, 6.45) is 0. The van der Waals surface area contributed by atoms with Gasteiger partial charge in [-0.1, -0.05) is 6.58 Å². The number of methoxy groups -OCH3 is 2. The first kappa shape index (κ1) is 9.58. The summed E-state index contributed by atoms with van der Waals surface area (Å²) < 4.78 is 22.7. The zero-order valence-electron chi connectivity index (χ0n) is 7.63. The third kappa shape index (κ3) is 1.99. The van der Waals surface area contributed by atoms with E-state index in [1.165, 1.54) is 32.4 Å². The van der Waals surface area contributed by atoms with E-state index in [-0.39, 0.29) is 5.82 Å². The van der Waals surface area contributed by atoms with Gasteiger partial charge in [-0.05, 0) is 18.2 Å². The second kappa shape index (κ2) is 3.94. The minimum Gasteiger partial charge on any atom is -0.497 e. The highest BCUT2D eigenvalue weighted by molar-refractivity contribution is 5.63. The normalized spacial score (nSPS) is 9.46. The maximum absolute atomic E-state index is 12.8. The van der Waals surface area contributed by atoms with E-state index < -0.39 is 0 Å². The second-order valence-electron chi connectivity index (χ2n) is 2.47. The van der Waals surface area contributed by atoms with Gasteiger partial charge in [0.15, 0.2) is 0 Å². The lowest BCUT2D eigenvalue weighted by molar-refractivity contribution is 0.362. The van der Waals surface area contributed by atoms with Gasteiger partial charge in [-0.15, -0.1) is 0 Å². The zero-order valence-corrected chi connectivity index (χ0v) is 7.63. The molecule has 1 rings (SSSR count). The molecule has 0 bridgehead atoms. The van der Waals surface area contributed by atoms with Crippen molar-refractivity contribution in [2.24, 2.45) is 0 Å². The van der Waals surface area contributed by atoms with Crippen molar-refractivity contribution in [1.82, 2.24) is 0 Å². The Labute approximate surface area is 76.6 Å². The molecular weight excluding hydrogens is 171 g/mol. The van der Waals surface area contributed by atoms with Gasteiger partial charge in [0.1, 0.15) is 17.3 Å². The number of hydrogen-bond acceptors (Lipinski definition) is 2. The third-order valence-corrected chi connectivity index (χ3v) is 1.71. The van der Waals surface area contributed by atoms with Gasteiger partial charge in [0.05, 0.1) is 19.8 Å². The molecular formula is C10H11FO2. The highest BCUT2D eigenvalue weighted by Gasteiger charge is 2.07. The third-order valence-electron chi connectivity index (χ3n) is 1.71. The van der Waals surface area contributed by atoms with Crippen LogP contribution in [0.1, 0.15) is 5.56 Å². The quantitative estimate of drug-likeness (QED) is 0.668. The van der Waals surface area contributed by atoms with Crippen LogP contribution in [0.4, 0.5) is 4.39 Å². The predicted octanol–water partition coefficient (Wildman–Crippen LogP) is 2.45. The fraction of sp³-hybridized carbons (Fsp3) is 0.200. The van der Waals surface area contributed by atoms with Gasteiger partial charge in [-0.2, -0.15) is 0 Å². The van der Waals surface area contributed by atoms with Crippen molar-refractivity contribution in [3.63, 3.8) is 0 Å². The molecule has 0 saturated carbocycles. The Balaban J connectivity index is 3.15. The summed E-state index contributed by atoms with van der Waals surface area (Å²) in [6.45, 7) is 3.62. The predicted molar refractivity (Wildman–Crippen MR) is 49.0 cm³/mol. The second-order valence-corrected chi connectivity index (χ2v) is 2.47. The SMILES string of the molecule is C=C(OC)c1cc(F)ccc1OC. The highest BCUT2D eigenvalue weighted by atomic mass is 19.1. The first-order chi connectivity index (χ1) is 6.19. The minimum atomic E-state index is -0.339. The molecule has 0 radical (unpaired) electrons. The maximum atomic E-state index is 12.8. The molecule has 0 spiro atoms. The van der Waals surface area contributed by atoms with E-state index in [9.17, 15) is 4.39 Å². The molecule has 0 fully saturated rings. The lowest BCUT2D eigenvalue weighted by atomic mass is 10.1. The molecule has 0 amide bonds. The fourth-order valence-corrected chi connectivity index (χ4v) is 1.01. The number of rotatable bonds is 3. The monoisotopic (exact) mass is 182 g/mol. The maximum Gasteiger partial charge on any atom is 0.129 e. The van der Waals surface area contributed by atoms with Gasteiger partial charge < -0.3 is 9.47 Å². The summed E-state index contributed by atoms with van der Waals surface area (Å²) in [6, 6.07) is 4.19. The van der Waals surface area contributed by atoms with Crippen LogP contribution in [0.15, 0.2) is 24.8 Å². The van der Waals surface area contributed by atoms with Gasteiger partial charge in [0.25, 0.3) is 0 Å². The van der Waals surface area contributed by atoms with Crippen molar-refractivity contribution in [3.8, 4) is 5.75 Å². The van der Waals surface area contributed by atoms with Crippen LogP contribution in [0.2, 0.25) is 0 Å². The first-order valence-electron chi connectivity index (χ1n) is 3.76. The van der Waals surface area contributed by atoms with Crippen LogP contribution >= 0.6 is 0 Å². The van der Waals surface area contributed by atoms with E-state index in [4.69, 9.17) is 9.47 Å². The van der Waals surface area contributed by atoms with Gasteiger partial charge in [-0.3, -0.25) is 0 Å². The summed E-state index contributed by atoms with van der Waals surface area (Å²) in [7, 11) is 2.99. The summed E-state index contributed by atoms with van der Waals surface area (Å²) in [5, 5.41) is 0. The number of halogens is 1. The van der Waals surface area contributed by atoms with Crippen molar-refractivity contribution in [1.29, 1.82) is 0 Å². The van der Waals surface area contributed by atoms with Gasteiger partial charge in [0, 0.05) is 0 Å². The highest BCUT2D eigenvalue weighted by Crippen LogP contribution is 2.25. The molecule has 13 heavy (non-hydrogen) atoms. The van der Waals surface area contributed by atoms with Crippen molar-refractivity contribution in [2.45, 2.75) is 0 Å². The molecule has 0 unspecified atom stereocenters. The Morgan fingerprint density at radius 2 is 2.08 bits per heavy atom. The smallest absolute Gasteiger partial charge is 0.129 e. The van der Waals surface area contributed by atoms with E-state index in [2.05, 4.69) is 6.58 Å². The van der Waals surface area contributed by atoms with Crippen LogP contribution in [-0.2, 0) is 4.74 Å². The molecule has 0 N–H and O–H groups in total. The standard InChI is InChI=1S/C10H11FO2/c1-7(12-2)9-6-8(11)4-5-10(9)13-3/h4-6H,1H2,2-3H3. The summed E-state index contributed by atoms with van der Waals surface area (Å²) in [5.74, 6) is 0.596. The molecule has 0 aliphatic carbocycles. The van der Waals surface area contributed by atoms with Crippen LogP contribution in [0.5, 0.6) is 5.75 Å². The van der Waals surface area contributed by atoms with E-state index in [1.54, 1.807) is 0 Å². The lowest BCUT2D eigenvalue weighted by Gasteiger charge is -2.09. The Morgan fingerprint density at radius 1 is 1.38 bits per heavy atom. The minimum absolute atomic E-state index is 0.339. The van der Waals surface area contributed by atoms with Gasteiger partial charge in [-0.25, -0.2) is 4.39 Å². The molecule has 0 heterocycles. The van der Waals surface area contributed by atoms with E-state index in [0.29, 0.717) is 17.1 Å². The summed E-state index contributed by atoms with van der Waals surface area (Å²) >= 11 is 0. The van der Waals surface area contributed by atoms with Crippen molar-refractivity contribution in [3.05, 3.63) is 36.2 Å². The van der Waals surface area contributed by atoms with E-state index in [0.717, 1.165) is 0 Å². The molecule has 70 valence electrons. The number of benzene rings is 1. The van der Waals surface area contributed by atoms with E-state index in [1.807, 2.05) is 0 Å². The van der Waals surface area contributed by atoms with Crippen molar-refractivity contribution in [2.75, 3.05) is 14.2 Å². The number of hydrogen-bond donors (Lipinski definition) is 0. The molecule has 1 aromatic rings. The molecule has 2 nitrogen and oxygen atoms in total. The average Bonchev–Trinajstić information content (AvgIpc) is 2.16. The molecule has 0 aliphatic rings. The largest absolute Gasteiger partial charge is 0.497 e. The van der Waals surface area contributed by atoms with Crippen molar-refractivity contribution >= 4 is 5.76 Å². The van der Waals surface area contributed by atoms with Crippen LogP contribution in [-0.4, -0.2) is 14.2 Å². The van der Waals surface area contributed by atoms with Crippen LogP contribution in [0.3, 0.4) is 0 Å². The summed E-state index contributed by atoms with van der Waals surface area (Å²) in [5.41, 5.74) is 0.532. The topological polar surface area (TPSA) is 18.5 Å². The first-order valence-corrected chi connectivity index (χ1v) is 3.76. The Kier molecular flexibility index (Phi) is 2.90. The molecule has 0 aliphatic heterocycles. The Morgan fingerprint density at radius 3 is 2.62 bits per heavy atom. The van der Waals surface area contributed by atoms with Gasteiger partial charge in [0.2, 0.25) is 0 Å².